The molecule has 0 fully saturated rings. The van der Waals surface area contributed by atoms with Crippen LogP contribution in [0.4, 0.5) is 0 Å². The number of hydrogen-bond donors (Lipinski definition) is 0. The number of ketones is 1. The van der Waals surface area contributed by atoms with Gasteiger partial charge in [0.05, 0.1) is 7.11 Å². The molecule has 1 aliphatic rings. The van der Waals surface area contributed by atoms with Crippen molar-refractivity contribution in [2.75, 3.05) is 7.11 Å². The third kappa shape index (κ3) is 2.07. The van der Waals surface area contributed by atoms with Crippen molar-refractivity contribution in [3.05, 3.63) is 27.7 Å². The molecule has 0 unspecified atom stereocenters. The molecule has 1 aliphatic carbocycles. The summed E-state index contributed by atoms with van der Waals surface area (Å²) >= 11 is 3.50. The first-order chi connectivity index (χ1) is 7.22. The number of rotatable bonds is 1. The molecule has 0 aliphatic heterocycles. The lowest BCUT2D eigenvalue weighted by Gasteiger charge is -2.09. The van der Waals surface area contributed by atoms with Crippen LogP contribution in [-0.4, -0.2) is 12.9 Å². The minimum Gasteiger partial charge on any atom is -0.497 e. The van der Waals surface area contributed by atoms with Gasteiger partial charge in [0.2, 0.25) is 0 Å². The van der Waals surface area contributed by atoms with E-state index in [2.05, 4.69) is 15.9 Å². The summed E-state index contributed by atoms with van der Waals surface area (Å²) in [7, 11) is 1.62. The Bertz CT molecular complexity index is 399. The average Bonchev–Trinajstić information content (AvgIpc) is 2.41. The maximum absolute atomic E-state index is 11.8. The minimum absolute atomic E-state index is 0.238. The SMILES string of the molecule is COc1cc(Br)c2c(c1)C(=O)CCCC2. The molecule has 15 heavy (non-hydrogen) atoms. The van der Waals surface area contributed by atoms with Gasteiger partial charge in [-0.3, -0.25) is 4.79 Å². The van der Waals surface area contributed by atoms with Gasteiger partial charge in [-0.15, -0.1) is 0 Å². The zero-order valence-electron chi connectivity index (χ0n) is 8.68. The van der Waals surface area contributed by atoms with Gasteiger partial charge in [-0.2, -0.15) is 0 Å². The van der Waals surface area contributed by atoms with Crippen molar-refractivity contribution >= 4 is 21.7 Å². The smallest absolute Gasteiger partial charge is 0.163 e. The highest BCUT2D eigenvalue weighted by atomic mass is 79.9. The van der Waals surface area contributed by atoms with Crippen molar-refractivity contribution < 1.29 is 9.53 Å². The van der Waals surface area contributed by atoms with Crippen LogP contribution in [0, 0.1) is 0 Å². The topological polar surface area (TPSA) is 26.3 Å². The largest absolute Gasteiger partial charge is 0.497 e. The molecule has 0 saturated carbocycles. The monoisotopic (exact) mass is 268 g/mol. The number of Topliss-reactive ketones (excluding diaryl/α,β-unsaturated/α-hetero) is 1. The standard InChI is InChI=1S/C12H13BrO2/c1-15-8-6-10-9(11(13)7-8)4-2-3-5-12(10)14/h6-7H,2-5H2,1H3. The highest BCUT2D eigenvalue weighted by Crippen LogP contribution is 2.31. The van der Waals surface area contributed by atoms with E-state index in [4.69, 9.17) is 4.74 Å². The number of hydrogen-bond acceptors (Lipinski definition) is 2. The Hall–Kier alpha value is -0.830. The fraction of sp³-hybridized carbons (Fsp3) is 0.417. The van der Waals surface area contributed by atoms with E-state index in [1.807, 2.05) is 12.1 Å². The molecule has 0 aromatic heterocycles. The van der Waals surface area contributed by atoms with Crippen LogP contribution in [0.15, 0.2) is 16.6 Å². The van der Waals surface area contributed by atoms with Gasteiger partial charge in [-0.25, -0.2) is 0 Å². The summed E-state index contributed by atoms with van der Waals surface area (Å²) < 4.78 is 6.16. The van der Waals surface area contributed by atoms with Gasteiger partial charge in [0, 0.05) is 16.5 Å². The molecule has 1 aromatic carbocycles. The van der Waals surface area contributed by atoms with Gasteiger partial charge in [-0.05, 0) is 37.0 Å². The summed E-state index contributed by atoms with van der Waals surface area (Å²) in [5.41, 5.74) is 1.97. The van der Waals surface area contributed by atoms with Crippen LogP contribution in [-0.2, 0) is 6.42 Å². The second-order valence-electron chi connectivity index (χ2n) is 3.77. The van der Waals surface area contributed by atoms with E-state index in [-0.39, 0.29) is 5.78 Å². The van der Waals surface area contributed by atoms with Crippen molar-refractivity contribution in [3.8, 4) is 5.75 Å². The van der Waals surface area contributed by atoms with Crippen LogP contribution in [0.2, 0.25) is 0 Å². The summed E-state index contributed by atoms with van der Waals surface area (Å²) in [5.74, 6) is 0.984. The van der Waals surface area contributed by atoms with E-state index in [0.29, 0.717) is 6.42 Å². The van der Waals surface area contributed by atoms with Gasteiger partial charge < -0.3 is 4.74 Å². The number of fused-ring (bicyclic) bond motifs is 1. The van der Waals surface area contributed by atoms with Gasteiger partial charge in [0.15, 0.2) is 5.78 Å². The molecule has 0 bridgehead atoms. The predicted octanol–water partition coefficient (Wildman–Crippen LogP) is 3.37. The molecular weight excluding hydrogens is 256 g/mol. The number of methoxy groups -OCH3 is 1. The number of ether oxygens (including phenoxy) is 1. The Labute approximate surface area is 97.8 Å². The summed E-state index contributed by atoms with van der Waals surface area (Å²) in [6, 6.07) is 3.78. The Kier molecular flexibility index (Phi) is 3.10. The lowest BCUT2D eigenvalue weighted by atomic mass is 10.0. The van der Waals surface area contributed by atoms with Crippen LogP contribution >= 0.6 is 15.9 Å². The van der Waals surface area contributed by atoms with E-state index in [9.17, 15) is 4.79 Å². The van der Waals surface area contributed by atoms with E-state index in [0.717, 1.165) is 40.6 Å². The van der Waals surface area contributed by atoms with Crippen molar-refractivity contribution in [2.45, 2.75) is 25.7 Å². The van der Waals surface area contributed by atoms with Gasteiger partial charge >= 0.3 is 0 Å². The van der Waals surface area contributed by atoms with Gasteiger partial charge in [0.25, 0.3) is 0 Å². The Morgan fingerprint density at radius 3 is 2.73 bits per heavy atom. The molecule has 0 amide bonds. The molecule has 3 heteroatoms. The van der Waals surface area contributed by atoms with Crippen LogP contribution < -0.4 is 4.74 Å². The van der Waals surface area contributed by atoms with E-state index < -0.39 is 0 Å². The lowest BCUT2D eigenvalue weighted by molar-refractivity contribution is 0.0981. The number of carbonyl (C=O) groups is 1. The molecule has 0 radical (unpaired) electrons. The molecular formula is C12H13BrO2. The summed E-state index contributed by atoms with van der Waals surface area (Å²) in [6.45, 7) is 0. The fourth-order valence-electron chi connectivity index (χ4n) is 1.95. The number of carbonyl (C=O) groups excluding carboxylic acids is 1. The van der Waals surface area contributed by atoms with Crippen molar-refractivity contribution in [3.63, 3.8) is 0 Å². The first kappa shape index (κ1) is 10.7. The first-order valence-electron chi connectivity index (χ1n) is 5.12. The van der Waals surface area contributed by atoms with Crippen LogP contribution in [0.25, 0.3) is 0 Å². The number of halogens is 1. The van der Waals surface area contributed by atoms with Gasteiger partial charge in [-0.1, -0.05) is 15.9 Å². The molecule has 1 aromatic rings. The van der Waals surface area contributed by atoms with Crippen molar-refractivity contribution in [2.24, 2.45) is 0 Å². The zero-order valence-corrected chi connectivity index (χ0v) is 10.3. The number of benzene rings is 1. The third-order valence-electron chi connectivity index (χ3n) is 2.79. The summed E-state index contributed by atoms with van der Waals surface area (Å²) in [4.78, 5) is 11.8. The highest BCUT2D eigenvalue weighted by molar-refractivity contribution is 9.10. The minimum atomic E-state index is 0.238. The maximum atomic E-state index is 11.8. The lowest BCUT2D eigenvalue weighted by Crippen LogP contribution is -2.01. The predicted molar refractivity (Wildman–Crippen MR) is 62.6 cm³/mol. The highest BCUT2D eigenvalue weighted by Gasteiger charge is 2.18. The Morgan fingerprint density at radius 1 is 1.27 bits per heavy atom. The first-order valence-corrected chi connectivity index (χ1v) is 5.91. The molecule has 80 valence electrons. The average molecular weight is 269 g/mol. The molecule has 2 rings (SSSR count). The molecule has 0 N–H and O–H groups in total. The molecule has 2 nitrogen and oxygen atoms in total. The summed E-state index contributed by atoms with van der Waals surface area (Å²) in [5, 5.41) is 0. The van der Waals surface area contributed by atoms with Crippen LogP contribution in [0.1, 0.15) is 35.2 Å². The van der Waals surface area contributed by atoms with E-state index in [1.165, 1.54) is 0 Å². The fourth-order valence-corrected chi connectivity index (χ4v) is 2.59. The molecule has 0 saturated heterocycles. The van der Waals surface area contributed by atoms with Crippen molar-refractivity contribution in [1.29, 1.82) is 0 Å². The maximum Gasteiger partial charge on any atom is 0.163 e. The molecule has 0 atom stereocenters. The molecule has 0 heterocycles. The summed E-state index contributed by atoms with van der Waals surface area (Å²) in [6.07, 6.45) is 3.71. The quantitative estimate of drug-likeness (QED) is 0.731. The van der Waals surface area contributed by atoms with E-state index >= 15 is 0 Å². The van der Waals surface area contributed by atoms with Crippen LogP contribution in [0.5, 0.6) is 5.75 Å². The Morgan fingerprint density at radius 2 is 2.00 bits per heavy atom. The van der Waals surface area contributed by atoms with Gasteiger partial charge in [0.1, 0.15) is 5.75 Å². The second kappa shape index (κ2) is 4.35. The Balaban J connectivity index is 2.55. The van der Waals surface area contributed by atoms with Crippen molar-refractivity contribution in [1.82, 2.24) is 0 Å². The van der Waals surface area contributed by atoms with E-state index in [1.54, 1.807) is 7.11 Å². The molecule has 0 spiro atoms. The van der Waals surface area contributed by atoms with Crippen LogP contribution in [0.3, 0.4) is 0 Å². The zero-order chi connectivity index (χ0) is 10.8. The second-order valence-corrected chi connectivity index (χ2v) is 4.62. The third-order valence-corrected chi connectivity index (χ3v) is 3.49. The normalized spacial score (nSPS) is 15.7.